The number of benzene rings is 2. The summed E-state index contributed by atoms with van der Waals surface area (Å²) < 4.78 is 31.3. The van der Waals surface area contributed by atoms with Gasteiger partial charge in [0.15, 0.2) is 0 Å². The molecule has 17 heavy (non-hydrogen) atoms. The zero-order valence-corrected chi connectivity index (χ0v) is 11.0. The minimum absolute atomic E-state index is 0.0382. The maximum absolute atomic E-state index is 11.1. The van der Waals surface area contributed by atoms with Gasteiger partial charge in [-0.15, -0.1) is 0 Å². The Morgan fingerprint density at radius 2 is 1.47 bits per heavy atom. The average molecular weight is 252 g/mol. The molecule has 3 nitrogen and oxygen atoms in total. The highest BCUT2D eigenvalue weighted by Gasteiger charge is 2.13. The van der Waals surface area contributed by atoms with E-state index in [4.69, 9.17) is 4.55 Å². The maximum atomic E-state index is 11.1. The van der Waals surface area contributed by atoms with Crippen LogP contribution < -0.4 is 0 Å². The van der Waals surface area contributed by atoms with Crippen LogP contribution >= 0.6 is 0 Å². The molecule has 0 saturated heterocycles. The van der Waals surface area contributed by atoms with Gasteiger partial charge in [-0.2, -0.15) is 8.42 Å². The Morgan fingerprint density at radius 1 is 0.941 bits per heavy atom. The van der Waals surface area contributed by atoms with Crippen molar-refractivity contribution in [1.82, 2.24) is 0 Å². The minimum atomic E-state index is -4.15. The number of hydrogen-bond donors (Lipinski definition) is 1. The van der Waals surface area contributed by atoms with Crippen LogP contribution in [0.25, 0.3) is 10.8 Å². The van der Waals surface area contributed by atoms with E-state index in [0.717, 1.165) is 10.9 Å². The van der Waals surface area contributed by atoms with E-state index >= 15 is 0 Å². The first-order valence-electron chi connectivity index (χ1n) is 5.46. The Kier molecular flexibility index (Phi) is 4.26. The lowest BCUT2D eigenvalue weighted by Crippen LogP contribution is -1.99. The predicted octanol–water partition coefficient (Wildman–Crippen LogP) is 3.42. The Labute approximate surface area is 102 Å². The van der Waals surface area contributed by atoms with E-state index in [-0.39, 0.29) is 4.90 Å². The summed E-state index contributed by atoms with van der Waals surface area (Å²) in [4.78, 5) is -0.0382. The van der Waals surface area contributed by atoms with Crippen molar-refractivity contribution in [2.24, 2.45) is 0 Å². The van der Waals surface area contributed by atoms with Gasteiger partial charge >= 0.3 is 0 Å². The quantitative estimate of drug-likeness (QED) is 0.791. The van der Waals surface area contributed by atoms with Crippen LogP contribution in [0.5, 0.6) is 0 Å². The van der Waals surface area contributed by atoms with Gasteiger partial charge in [-0.05, 0) is 23.9 Å². The van der Waals surface area contributed by atoms with Crippen LogP contribution in [0.3, 0.4) is 0 Å². The topological polar surface area (TPSA) is 54.4 Å². The number of fused-ring (bicyclic) bond motifs is 1. The SMILES string of the molecule is CC.Cc1cccc2c(S(=O)(=O)O)cccc12. The molecule has 0 atom stereocenters. The second-order valence-electron chi connectivity index (χ2n) is 3.40. The molecule has 0 fully saturated rings. The highest BCUT2D eigenvalue weighted by molar-refractivity contribution is 7.86. The lowest BCUT2D eigenvalue weighted by molar-refractivity contribution is 0.484. The molecule has 2 aromatic rings. The molecule has 0 aliphatic carbocycles. The summed E-state index contributed by atoms with van der Waals surface area (Å²) >= 11 is 0. The van der Waals surface area contributed by atoms with Gasteiger partial charge in [0.25, 0.3) is 10.1 Å². The van der Waals surface area contributed by atoms with E-state index in [0.29, 0.717) is 5.39 Å². The Morgan fingerprint density at radius 3 is 2.06 bits per heavy atom. The molecule has 2 rings (SSSR count). The van der Waals surface area contributed by atoms with Crippen molar-refractivity contribution in [2.75, 3.05) is 0 Å². The second-order valence-corrected chi connectivity index (χ2v) is 4.79. The number of aryl methyl sites for hydroxylation is 1. The number of hydrogen-bond acceptors (Lipinski definition) is 2. The first-order chi connectivity index (χ1) is 8.00. The standard InChI is InChI=1S/C11H10O3S.C2H6/c1-8-4-2-6-10-9(8)5-3-7-11(10)15(12,13)14;1-2/h2-7H,1H3,(H,12,13,14);1-2H3. The van der Waals surface area contributed by atoms with Crippen molar-refractivity contribution in [1.29, 1.82) is 0 Å². The molecule has 0 aliphatic rings. The van der Waals surface area contributed by atoms with E-state index in [1.54, 1.807) is 18.2 Å². The third kappa shape index (κ3) is 2.84. The fourth-order valence-corrected chi connectivity index (χ4v) is 2.37. The summed E-state index contributed by atoms with van der Waals surface area (Å²) in [5.41, 5.74) is 0.984. The minimum Gasteiger partial charge on any atom is -0.282 e. The van der Waals surface area contributed by atoms with Gasteiger partial charge in [-0.3, -0.25) is 4.55 Å². The van der Waals surface area contributed by atoms with Crippen molar-refractivity contribution in [2.45, 2.75) is 25.7 Å². The average Bonchev–Trinajstić information content (AvgIpc) is 2.30. The van der Waals surface area contributed by atoms with Gasteiger partial charge in [0, 0.05) is 5.39 Å². The van der Waals surface area contributed by atoms with Crippen LogP contribution in [-0.2, 0) is 10.1 Å². The van der Waals surface area contributed by atoms with E-state index in [2.05, 4.69) is 0 Å². The van der Waals surface area contributed by atoms with Gasteiger partial charge in [0.1, 0.15) is 4.90 Å². The molecule has 0 bridgehead atoms. The molecule has 0 saturated carbocycles. The largest absolute Gasteiger partial charge is 0.295 e. The molecule has 2 aromatic carbocycles. The Bertz CT molecular complexity index is 616. The molecule has 0 spiro atoms. The summed E-state index contributed by atoms with van der Waals surface area (Å²) in [5.74, 6) is 0. The van der Waals surface area contributed by atoms with Gasteiger partial charge < -0.3 is 0 Å². The highest BCUT2D eigenvalue weighted by atomic mass is 32.2. The summed E-state index contributed by atoms with van der Waals surface area (Å²) in [5, 5.41) is 1.40. The normalized spacial score (nSPS) is 10.8. The zero-order valence-electron chi connectivity index (χ0n) is 10.1. The monoisotopic (exact) mass is 252 g/mol. The lowest BCUT2D eigenvalue weighted by Gasteiger charge is -2.05. The summed E-state index contributed by atoms with van der Waals surface area (Å²) in [6.07, 6.45) is 0. The molecular formula is C13H16O3S. The van der Waals surface area contributed by atoms with E-state index in [1.165, 1.54) is 6.07 Å². The van der Waals surface area contributed by atoms with Gasteiger partial charge in [-0.1, -0.05) is 44.2 Å². The van der Waals surface area contributed by atoms with Crippen LogP contribution in [0.2, 0.25) is 0 Å². The fraction of sp³-hybridized carbons (Fsp3) is 0.231. The van der Waals surface area contributed by atoms with Gasteiger partial charge in [-0.25, -0.2) is 0 Å². The van der Waals surface area contributed by atoms with Crippen molar-refractivity contribution in [3.63, 3.8) is 0 Å². The first-order valence-corrected chi connectivity index (χ1v) is 6.90. The fourth-order valence-electron chi connectivity index (χ4n) is 1.66. The molecule has 4 heteroatoms. The third-order valence-electron chi connectivity index (χ3n) is 2.38. The van der Waals surface area contributed by atoms with Crippen molar-refractivity contribution >= 4 is 20.9 Å². The molecule has 92 valence electrons. The molecule has 0 aliphatic heterocycles. The van der Waals surface area contributed by atoms with Gasteiger partial charge in [0.2, 0.25) is 0 Å². The molecule has 0 unspecified atom stereocenters. The third-order valence-corrected chi connectivity index (χ3v) is 3.29. The van der Waals surface area contributed by atoms with E-state index < -0.39 is 10.1 Å². The van der Waals surface area contributed by atoms with Crippen LogP contribution in [0, 0.1) is 6.92 Å². The Balaban J connectivity index is 0.000000686. The smallest absolute Gasteiger partial charge is 0.282 e. The van der Waals surface area contributed by atoms with Crippen LogP contribution in [-0.4, -0.2) is 13.0 Å². The van der Waals surface area contributed by atoms with Crippen LogP contribution in [0.4, 0.5) is 0 Å². The summed E-state index contributed by atoms with van der Waals surface area (Å²) in [6.45, 7) is 5.90. The highest BCUT2D eigenvalue weighted by Crippen LogP contribution is 2.24. The molecule has 0 aromatic heterocycles. The molecular weight excluding hydrogens is 236 g/mol. The van der Waals surface area contributed by atoms with Crippen molar-refractivity contribution in [3.8, 4) is 0 Å². The first kappa shape index (κ1) is 13.7. The lowest BCUT2D eigenvalue weighted by atomic mass is 10.1. The van der Waals surface area contributed by atoms with Crippen LogP contribution in [0.15, 0.2) is 41.3 Å². The van der Waals surface area contributed by atoms with Gasteiger partial charge in [0.05, 0.1) is 0 Å². The zero-order chi connectivity index (χ0) is 13.1. The second kappa shape index (κ2) is 5.29. The predicted molar refractivity (Wildman–Crippen MR) is 69.8 cm³/mol. The van der Waals surface area contributed by atoms with Crippen LogP contribution in [0.1, 0.15) is 19.4 Å². The molecule has 0 heterocycles. The summed E-state index contributed by atoms with van der Waals surface area (Å²) in [6, 6.07) is 10.2. The molecule has 0 amide bonds. The van der Waals surface area contributed by atoms with E-state index in [9.17, 15) is 8.42 Å². The van der Waals surface area contributed by atoms with Crippen molar-refractivity contribution < 1.29 is 13.0 Å². The summed E-state index contributed by atoms with van der Waals surface area (Å²) in [7, 11) is -4.15. The molecule has 1 N–H and O–H groups in total. The molecule has 0 radical (unpaired) electrons. The van der Waals surface area contributed by atoms with Crippen molar-refractivity contribution in [3.05, 3.63) is 42.0 Å². The Hall–Kier alpha value is -1.39. The maximum Gasteiger partial charge on any atom is 0.295 e. The number of rotatable bonds is 1. The van der Waals surface area contributed by atoms with E-state index in [1.807, 2.05) is 32.9 Å².